The number of halogens is 1. The van der Waals surface area contributed by atoms with Gasteiger partial charge in [0.1, 0.15) is 11.6 Å². The van der Waals surface area contributed by atoms with Crippen molar-refractivity contribution >= 4 is 5.91 Å². The predicted octanol–water partition coefficient (Wildman–Crippen LogP) is 4.35. The molecular formula is C21H18FNO2. The van der Waals surface area contributed by atoms with Crippen molar-refractivity contribution in [3.8, 4) is 5.75 Å². The number of benzene rings is 3. The third-order valence-electron chi connectivity index (χ3n) is 3.94. The minimum Gasteiger partial charge on any atom is -0.497 e. The van der Waals surface area contributed by atoms with Crippen molar-refractivity contribution in [2.45, 2.75) is 6.04 Å². The highest BCUT2D eigenvalue weighted by Crippen LogP contribution is 2.24. The molecule has 1 atom stereocenters. The number of carbonyl (C=O) groups is 1. The molecule has 0 bridgehead atoms. The summed E-state index contributed by atoms with van der Waals surface area (Å²) in [6, 6.07) is 22.5. The van der Waals surface area contributed by atoms with E-state index in [2.05, 4.69) is 5.32 Å². The number of hydrogen-bond acceptors (Lipinski definition) is 2. The Labute approximate surface area is 146 Å². The minimum atomic E-state index is -0.437. The van der Waals surface area contributed by atoms with Gasteiger partial charge in [0.15, 0.2) is 0 Å². The third kappa shape index (κ3) is 4.04. The molecular weight excluding hydrogens is 317 g/mol. The van der Waals surface area contributed by atoms with Crippen molar-refractivity contribution in [1.29, 1.82) is 0 Å². The van der Waals surface area contributed by atoms with Gasteiger partial charge in [0.25, 0.3) is 5.91 Å². The summed E-state index contributed by atoms with van der Waals surface area (Å²) in [5.74, 6) is -0.0236. The first-order valence-corrected chi connectivity index (χ1v) is 7.92. The summed E-state index contributed by atoms with van der Waals surface area (Å²) in [5.41, 5.74) is 2.14. The van der Waals surface area contributed by atoms with Gasteiger partial charge >= 0.3 is 0 Å². The van der Waals surface area contributed by atoms with Gasteiger partial charge in [0, 0.05) is 5.56 Å². The van der Waals surface area contributed by atoms with Gasteiger partial charge in [-0.15, -0.1) is 0 Å². The van der Waals surface area contributed by atoms with Gasteiger partial charge in [0.2, 0.25) is 0 Å². The van der Waals surface area contributed by atoms with Crippen LogP contribution in [0.25, 0.3) is 0 Å². The SMILES string of the molecule is COc1ccc([C@@H](NC(=O)c2cccc(F)c2)c2ccccc2)cc1. The normalized spacial score (nSPS) is 11.6. The maximum Gasteiger partial charge on any atom is 0.252 e. The second-order valence-electron chi connectivity index (χ2n) is 5.60. The van der Waals surface area contributed by atoms with Crippen molar-refractivity contribution < 1.29 is 13.9 Å². The van der Waals surface area contributed by atoms with Crippen LogP contribution in [0.15, 0.2) is 78.9 Å². The number of amides is 1. The van der Waals surface area contributed by atoms with Crippen LogP contribution in [-0.4, -0.2) is 13.0 Å². The Kier molecular flexibility index (Phi) is 5.09. The van der Waals surface area contributed by atoms with Gasteiger partial charge in [-0.2, -0.15) is 0 Å². The van der Waals surface area contributed by atoms with Crippen LogP contribution in [0.1, 0.15) is 27.5 Å². The average molecular weight is 335 g/mol. The number of carbonyl (C=O) groups excluding carboxylic acids is 1. The van der Waals surface area contributed by atoms with Gasteiger partial charge in [-0.05, 0) is 41.5 Å². The first-order chi connectivity index (χ1) is 12.2. The fourth-order valence-corrected chi connectivity index (χ4v) is 2.65. The van der Waals surface area contributed by atoms with E-state index in [0.29, 0.717) is 0 Å². The van der Waals surface area contributed by atoms with E-state index in [4.69, 9.17) is 4.74 Å². The third-order valence-corrected chi connectivity index (χ3v) is 3.94. The Balaban J connectivity index is 1.92. The van der Waals surface area contributed by atoms with Gasteiger partial charge < -0.3 is 10.1 Å². The van der Waals surface area contributed by atoms with E-state index in [1.165, 1.54) is 18.2 Å². The standard InChI is InChI=1S/C21H18FNO2/c1-25-19-12-10-16(11-13-19)20(15-6-3-2-4-7-15)23-21(24)17-8-5-9-18(22)14-17/h2-14,20H,1H3,(H,23,24)/t20-/m0/s1. The number of ether oxygens (including phenoxy) is 1. The zero-order valence-electron chi connectivity index (χ0n) is 13.8. The van der Waals surface area contributed by atoms with Gasteiger partial charge in [-0.1, -0.05) is 48.5 Å². The molecule has 1 N–H and O–H groups in total. The second kappa shape index (κ2) is 7.62. The Morgan fingerprint density at radius 2 is 1.60 bits per heavy atom. The Hall–Kier alpha value is -3.14. The maximum atomic E-state index is 13.4. The van der Waals surface area contributed by atoms with Crippen molar-refractivity contribution in [2.24, 2.45) is 0 Å². The number of rotatable bonds is 5. The van der Waals surface area contributed by atoms with Crippen molar-refractivity contribution in [3.63, 3.8) is 0 Å². The maximum absolute atomic E-state index is 13.4. The van der Waals surface area contributed by atoms with Crippen LogP contribution in [0.5, 0.6) is 5.75 Å². The molecule has 3 aromatic rings. The molecule has 3 aromatic carbocycles. The number of methoxy groups -OCH3 is 1. The first kappa shape index (κ1) is 16.7. The van der Waals surface area contributed by atoms with Crippen molar-refractivity contribution in [1.82, 2.24) is 5.32 Å². The van der Waals surface area contributed by atoms with E-state index in [-0.39, 0.29) is 17.5 Å². The lowest BCUT2D eigenvalue weighted by atomic mass is 9.98. The quantitative estimate of drug-likeness (QED) is 0.752. The Morgan fingerprint density at radius 1 is 0.920 bits per heavy atom. The zero-order valence-corrected chi connectivity index (χ0v) is 13.8. The number of nitrogens with one attached hydrogen (secondary N) is 1. The molecule has 0 aliphatic carbocycles. The van der Waals surface area contributed by atoms with Crippen molar-refractivity contribution in [2.75, 3.05) is 7.11 Å². The summed E-state index contributed by atoms with van der Waals surface area (Å²) in [6.07, 6.45) is 0. The molecule has 0 heterocycles. The Bertz CT molecular complexity index is 847. The lowest BCUT2D eigenvalue weighted by Crippen LogP contribution is -2.29. The van der Waals surface area contributed by atoms with E-state index >= 15 is 0 Å². The minimum absolute atomic E-state index is 0.287. The fourth-order valence-electron chi connectivity index (χ4n) is 2.65. The van der Waals surface area contributed by atoms with E-state index in [1.807, 2.05) is 54.6 Å². The molecule has 3 rings (SSSR count). The van der Waals surface area contributed by atoms with Gasteiger partial charge in [-0.3, -0.25) is 4.79 Å². The fraction of sp³-hybridized carbons (Fsp3) is 0.0952. The highest BCUT2D eigenvalue weighted by molar-refractivity contribution is 5.94. The molecule has 0 radical (unpaired) electrons. The lowest BCUT2D eigenvalue weighted by molar-refractivity contribution is 0.0942. The topological polar surface area (TPSA) is 38.3 Å². The molecule has 0 fully saturated rings. The summed E-state index contributed by atoms with van der Waals surface area (Å²) >= 11 is 0. The van der Waals surface area contributed by atoms with Crippen LogP contribution < -0.4 is 10.1 Å². The molecule has 0 saturated heterocycles. The molecule has 0 aliphatic rings. The highest BCUT2D eigenvalue weighted by Gasteiger charge is 2.18. The molecule has 1 amide bonds. The smallest absolute Gasteiger partial charge is 0.252 e. The van der Waals surface area contributed by atoms with Crippen LogP contribution in [0.2, 0.25) is 0 Å². The molecule has 0 aromatic heterocycles. The monoisotopic (exact) mass is 335 g/mol. The molecule has 0 spiro atoms. The highest BCUT2D eigenvalue weighted by atomic mass is 19.1. The molecule has 3 nitrogen and oxygen atoms in total. The molecule has 0 aliphatic heterocycles. The molecule has 0 saturated carbocycles. The summed E-state index contributed by atoms with van der Waals surface area (Å²) in [7, 11) is 1.61. The van der Waals surface area contributed by atoms with Crippen molar-refractivity contribution in [3.05, 3.63) is 101 Å². The van der Waals surface area contributed by atoms with Crippen LogP contribution in [0.3, 0.4) is 0 Å². The predicted molar refractivity (Wildman–Crippen MR) is 95.1 cm³/mol. The molecule has 126 valence electrons. The first-order valence-electron chi connectivity index (χ1n) is 7.92. The second-order valence-corrected chi connectivity index (χ2v) is 5.60. The van der Waals surface area contributed by atoms with Crippen LogP contribution in [0.4, 0.5) is 4.39 Å². The Morgan fingerprint density at radius 3 is 2.24 bits per heavy atom. The van der Waals surface area contributed by atoms with Gasteiger partial charge in [0.05, 0.1) is 13.2 Å². The molecule has 4 heteroatoms. The molecule has 0 unspecified atom stereocenters. The molecule has 25 heavy (non-hydrogen) atoms. The van der Waals surface area contributed by atoms with E-state index < -0.39 is 5.82 Å². The van der Waals surface area contributed by atoms with Gasteiger partial charge in [-0.25, -0.2) is 4.39 Å². The van der Waals surface area contributed by atoms with Crippen LogP contribution in [0, 0.1) is 5.82 Å². The van der Waals surface area contributed by atoms with E-state index in [0.717, 1.165) is 16.9 Å². The largest absolute Gasteiger partial charge is 0.497 e. The lowest BCUT2D eigenvalue weighted by Gasteiger charge is -2.20. The van der Waals surface area contributed by atoms with Crippen LogP contribution >= 0.6 is 0 Å². The summed E-state index contributed by atoms with van der Waals surface area (Å²) < 4.78 is 18.6. The zero-order chi connectivity index (χ0) is 17.6. The van der Waals surface area contributed by atoms with E-state index in [1.54, 1.807) is 13.2 Å². The summed E-state index contributed by atoms with van der Waals surface area (Å²) in [5, 5.41) is 2.98. The summed E-state index contributed by atoms with van der Waals surface area (Å²) in [6.45, 7) is 0. The summed E-state index contributed by atoms with van der Waals surface area (Å²) in [4.78, 5) is 12.6. The number of hydrogen-bond donors (Lipinski definition) is 1. The average Bonchev–Trinajstić information content (AvgIpc) is 2.67. The van der Waals surface area contributed by atoms with E-state index in [9.17, 15) is 9.18 Å². The van der Waals surface area contributed by atoms with Crippen LogP contribution in [-0.2, 0) is 0 Å².